The normalized spacial score (nSPS) is 10.4. The summed E-state index contributed by atoms with van der Waals surface area (Å²) in [7, 11) is 0. The molecule has 0 bridgehead atoms. The molecule has 110 valence electrons. The Morgan fingerprint density at radius 2 is 2.18 bits per heavy atom. The molecule has 0 aliphatic rings. The van der Waals surface area contributed by atoms with E-state index in [1.54, 1.807) is 23.1 Å². The van der Waals surface area contributed by atoms with Crippen LogP contribution in [0.15, 0.2) is 48.9 Å². The summed E-state index contributed by atoms with van der Waals surface area (Å²) in [5, 5.41) is 20.7. The molecule has 22 heavy (non-hydrogen) atoms. The van der Waals surface area contributed by atoms with Gasteiger partial charge in [-0.3, -0.25) is 4.68 Å². The molecule has 0 aliphatic heterocycles. The van der Waals surface area contributed by atoms with E-state index in [9.17, 15) is 4.39 Å². The molecule has 0 aliphatic carbocycles. The van der Waals surface area contributed by atoms with Crippen molar-refractivity contribution >= 4 is 5.82 Å². The molecule has 0 saturated heterocycles. The second-order valence-corrected chi connectivity index (χ2v) is 4.61. The first-order valence-electron chi connectivity index (χ1n) is 6.73. The highest BCUT2D eigenvalue weighted by molar-refractivity contribution is 5.49. The van der Waals surface area contributed by atoms with Gasteiger partial charge in [-0.15, -0.1) is 0 Å². The third kappa shape index (κ3) is 2.96. The fourth-order valence-corrected chi connectivity index (χ4v) is 2.08. The number of halogens is 1. The van der Waals surface area contributed by atoms with E-state index in [1.807, 2.05) is 23.0 Å². The molecule has 3 aromatic rings. The molecule has 3 rings (SSSR count). The molecular formula is C15H13FN6. The van der Waals surface area contributed by atoms with Crippen molar-refractivity contribution in [1.82, 2.24) is 19.6 Å². The Bertz CT molecular complexity index is 800. The largest absolute Gasteiger partial charge is 0.367 e. The number of nitriles is 1. The lowest BCUT2D eigenvalue weighted by Gasteiger charge is -2.05. The molecule has 0 spiro atoms. The van der Waals surface area contributed by atoms with E-state index in [0.29, 0.717) is 18.1 Å². The summed E-state index contributed by atoms with van der Waals surface area (Å²) in [4.78, 5) is 0. The van der Waals surface area contributed by atoms with Crippen LogP contribution in [0.5, 0.6) is 0 Å². The number of hydrogen-bond donors (Lipinski definition) is 1. The molecule has 0 amide bonds. The van der Waals surface area contributed by atoms with E-state index in [2.05, 4.69) is 15.5 Å². The lowest BCUT2D eigenvalue weighted by atomic mass is 10.2. The van der Waals surface area contributed by atoms with Crippen molar-refractivity contribution in [2.75, 3.05) is 11.9 Å². The van der Waals surface area contributed by atoms with Gasteiger partial charge in [-0.05, 0) is 24.3 Å². The van der Waals surface area contributed by atoms with Crippen LogP contribution in [0.2, 0.25) is 0 Å². The van der Waals surface area contributed by atoms with Gasteiger partial charge in [0.25, 0.3) is 0 Å². The molecule has 6 nitrogen and oxygen atoms in total. The molecule has 0 radical (unpaired) electrons. The van der Waals surface area contributed by atoms with Crippen molar-refractivity contribution < 1.29 is 4.39 Å². The Morgan fingerprint density at radius 3 is 2.95 bits per heavy atom. The van der Waals surface area contributed by atoms with Crippen LogP contribution >= 0.6 is 0 Å². The second-order valence-electron chi connectivity index (χ2n) is 4.61. The number of rotatable bonds is 5. The summed E-state index contributed by atoms with van der Waals surface area (Å²) in [6.07, 6.45) is 5.34. The summed E-state index contributed by atoms with van der Waals surface area (Å²) in [6.45, 7) is 1.40. The Balaban J connectivity index is 1.70. The maximum absolute atomic E-state index is 13.2. The number of hydrogen-bond acceptors (Lipinski definition) is 4. The van der Waals surface area contributed by atoms with Gasteiger partial charge in [0.05, 0.1) is 17.8 Å². The number of nitrogens with zero attached hydrogens (tertiary/aromatic N) is 5. The molecular weight excluding hydrogens is 283 g/mol. The van der Waals surface area contributed by atoms with Crippen LogP contribution < -0.4 is 5.32 Å². The molecule has 2 heterocycles. The minimum Gasteiger partial charge on any atom is -0.367 e. The average molecular weight is 296 g/mol. The third-order valence-electron chi connectivity index (χ3n) is 3.12. The molecule has 7 heteroatoms. The van der Waals surface area contributed by atoms with Crippen LogP contribution in [-0.2, 0) is 6.54 Å². The van der Waals surface area contributed by atoms with Gasteiger partial charge in [-0.2, -0.15) is 15.5 Å². The second kappa shape index (κ2) is 6.10. The highest BCUT2D eigenvalue weighted by atomic mass is 19.1. The zero-order valence-electron chi connectivity index (χ0n) is 11.6. The summed E-state index contributed by atoms with van der Waals surface area (Å²) < 4.78 is 16.5. The first-order chi connectivity index (χ1) is 10.8. The third-order valence-corrected chi connectivity index (χ3v) is 3.12. The van der Waals surface area contributed by atoms with Crippen LogP contribution in [0.25, 0.3) is 5.69 Å². The minimum atomic E-state index is -0.440. The van der Waals surface area contributed by atoms with Gasteiger partial charge in [0.1, 0.15) is 17.7 Å². The Hall–Kier alpha value is -3.14. The number of anilines is 1. The first-order valence-corrected chi connectivity index (χ1v) is 6.73. The predicted molar refractivity (Wildman–Crippen MR) is 79.0 cm³/mol. The highest BCUT2D eigenvalue weighted by Gasteiger charge is 2.07. The van der Waals surface area contributed by atoms with E-state index >= 15 is 0 Å². The molecule has 2 aromatic heterocycles. The van der Waals surface area contributed by atoms with Gasteiger partial charge < -0.3 is 5.32 Å². The fourth-order valence-electron chi connectivity index (χ4n) is 2.08. The Morgan fingerprint density at radius 1 is 1.27 bits per heavy atom. The van der Waals surface area contributed by atoms with Crippen molar-refractivity contribution in [1.29, 1.82) is 5.26 Å². The zero-order chi connectivity index (χ0) is 15.4. The average Bonchev–Trinajstić information content (AvgIpc) is 3.19. The van der Waals surface area contributed by atoms with Gasteiger partial charge in [-0.25, -0.2) is 9.07 Å². The Labute approximate surface area is 126 Å². The molecule has 0 atom stereocenters. The summed E-state index contributed by atoms with van der Waals surface area (Å²) >= 11 is 0. The van der Waals surface area contributed by atoms with Crippen LogP contribution in [0.4, 0.5) is 10.2 Å². The van der Waals surface area contributed by atoms with Crippen LogP contribution in [-0.4, -0.2) is 26.1 Å². The van der Waals surface area contributed by atoms with Gasteiger partial charge in [0.2, 0.25) is 0 Å². The SMILES string of the molecule is N#Cc1cc(F)ccc1-n1ccc(NCCn2cccn2)n1. The topological polar surface area (TPSA) is 71.5 Å². The quantitative estimate of drug-likeness (QED) is 0.783. The number of benzene rings is 1. The lowest BCUT2D eigenvalue weighted by Crippen LogP contribution is -2.11. The standard InChI is InChI=1S/C15H13FN6/c16-13-2-3-14(12(10-13)11-17)22-8-4-15(20-22)18-6-9-21-7-1-5-19-21/h1-5,7-8,10H,6,9H2,(H,18,20). The smallest absolute Gasteiger partial charge is 0.148 e. The molecule has 1 N–H and O–H groups in total. The van der Waals surface area contributed by atoms with Gasteiger partial charge >= 0.3 is 0 Å². The fraction of sp³-hybridized carbons (Fsp3) is 0.133. The monoisotopic (exact) mass is 296 g/mol. The van der Waals surface area contributed by atoms with Crippen LogP contribution in [0.3, 0.4) is 0 Å². The van der Waals surface area contributed by atoms with Gasteiger partial charge in [0.15, 0.2) is 0 Å². The summed E-state index contributed by atoms with van der Waals surface area (Å²) in [5.41, 5.74) is 0.787. The molecule has 0 fully saturated rings. The summed E-state index contributed by atoms with van der Waals surface area (Å²) in [6, 6.07) is 9.68. The first kappa shape index (κ1) is 13.8. The van der Waals surface area contributed by atoms with E-state index in [4.69, 9.17) is 5.26 Å². The maximum Gasteiger partial charge on any atom is 0.148 e. The van der Waals surface area contributed by atoms with Gasteiger partial charge in [0, 0.05) is 31.2 Å². The highest BCUT2D eigenvalue weighted by Crippen LogP contribution is 2.16. The molecule has 0 saturated carbocycles. The van der Waals surface area contributed by atoms with Crippen molar-refractivity contribution in [2.45, 2.75) is 6.54 Å². The summed E-state index contributed by atoms with van der Waals surface area (Å²) in [5.74, 6) is 0.241. The Kier molecular flexibility index (Phi) is 3.83. The van der Waals surface area contributed by atoms with Crippen LogP contribution in [0.1, 0.15) is 5.56 Å². The van der Waals surface area contributed by atoms with Crippen molar-refractivity contribution in [2.24, 2.45) is 0 Å². The van der Waals surface area contributed by atoms with E-state index in [1.165, 1.54) is 18.2 Å². The number of nitrogens with one attached hydrogen (secondary N) is 1. The van der Waals surface area contributed by atoms with E-state index in [-0.39, 0.29) is 5.56 Å². The maximum atomic E-state index is 13.2. The van der Waals surface area contributed by atoms with E-state index in [0.717, 1.165) is 6.54 Å². The predicted octanol–water partition coefficient (Wildman–Crippen LogP) is 2.19. The minimum absolute atomic E-state index is 0.242. The number of aromatic nitrogens is 4. The lowest BCUT2D eigenvalue weighted by molar-refractivity contribution is 0.626. The molecule has 1 aromatic carbocycles. The van der Waals surface area contributed by atoms with E-state index < -0.39 is 5.82 Å². The molecule has 0 unspecified atom stereocenters. The van der Waals surface area contributed by atoms with Crippen LogP contribution in [0, 0.1) is 17.1 Å². The van der Waals surface area contributed by atoms with Crippen molar-refractivity contribution in [3.05, 3.63) is 60.3 Å². The van der Waals surface area contributed by atoms with Crippen molar-refractivity contribution in [3.63, 3.8) is 0 Å². The van der Waals surface area contributed by atoms with Crippen molar-refractivity contribution in [3.8, 4) is 11.8 Å². The zero-order valence-corrected chi connectivity index (χ0v) is 11.6. The van der Waals surface area contributed by atoms with Gasteiger partial charge in [-0.1, -0.05) is 0 Å².